The highest BCUT2D eigenvalue weighted by Gasteiger charge is 2.38. The van der Waals surface area contributed by atoms with E-state index in [-0.39, 0.29) is 11.3 Å². The Hall–Kier alpha value is -1.39. The molecule has 1 aliphatic heterocycles. The minimum Gasteiger partial charge on any atom is -0.354 e. The summed E-state index contributed by atoms with van der Waals surface area (Å²) in [4.78, 5) is 17.0. The molecule has 1 atom stereocenters. The van der Waals surface area contributed by atoms with E-state index < -0.39 is 0 Å². The van der Waals surface area contributed by atoms with Crippen LogP contribution in [0, 0.1) is 0 Å². The summed E-state index contributed by atoms with van der Waals surface area (Å²) >= 11 is 0. The molecule has 0 spiro atoms. The molecule has 0 bridgehead atoms. The van der Waals surface area contributed by atoms with Crippen LogP contribution < -0.4 is 5.32 Å². The Morgan fingerprint density at radius 2 is 2.00 bits per heavy atom. The normalized spacial score (nSPS) is 24.9. The second-order valence-corrected chi connectivity index (χ2v) is 7.36. The van der Waals surface area contributed by atoms with Gasteiger partial charge in [-0.1, -0.05) is 36.8 Å². The van der Waals surface area contributed by atoms with Crippen molar-refractivity contribution in [2.75, 3.05) is 39.8 Å². The fourth-order valence-electron chi connectivity index (χ4n) is 3.88. The highest BCUT2D eigenvalue weighted by atomic mass is 16.2. The lowest BCUT2D eigenvalue weighted by atomic mass is 9.64. The van der Waals surface area contributed by atoms with E-state index in [1.54, 1.807) is 0 Å². The van der Waals surface area contributed by atoms with Crippen molar-refractivity contribution in [1.82, 2.24) is 15.1 Å². The zero-order valence-corrected chi connectivity index (χ0v) is 14.4. The van der Waals surface area contributed by atoms with E-state index in [0.717, 1.165) is 26.2 Å². The van der Waals surface area contributed by atoms with Crippen molar-refractivity contribution < 1.29 is 4.79 Å². The number of nitrogens with zero attached hydrogens (tertiary/aromatic N) is 2. The van der Waals surface area contributed by atoms with Crippen LogP contribution in [0.1, 0.15) is 31.7 Å². The zero-order chi connectivity index (χ0) is 16.3. The van der Waals surface area contributed by atoms with E-state index in [4.69, 9.17) is 0 Å². The number of carbonyl (C=O) groups is 1. The molecule has 23 heavy (non-hydrogen) atoms. The first-order chi connectivity index (χ1) is 11.1. The summed E-state index contributed by atoms with van der Waals surface area (Å²) in [5.74, 6) is 0.170. The third kappa shape index (κ3) is 3.75. The van der Waals surface area contributed by atoms with Crippen molar-refractivity contribution in [2.24, 2.45) is 0 Å². The molecule has 126 valence electrons. The smallest absolute Gasteiger partial charge is 0.234 e. The van der Waals surface area contributed by atoms with E-state index >= 15 is 0 Å². The van der Waals surface area contributed by atoms with Crippen LogP contribution in [0.2, 0.25) is 0 Å². The number of benzene rings is 1. The maximum atomic E-state index is 12.4. The van der Waals surface area contributed by atoms with Gasteiger partial charge in [-0.3, -0.25) is 9.69 Å². The predicted octanol–water partition coefficient (Wildman–Crippen LogP) is 1.86. The highest BCUT2D eigenvalue weighted by Crippen LogP contribution is 2.43. The van der Waals surface area contributed by atoms with Crippen LogP contribution in [0.25, 0.3) is 0 Å². The average molecular weight is 315 g/mol. The molecule has 4 heteroatoms. The summed E-state index contributed by atoms with van der Waals surface area (Å²) in [6, 6.07) is 11.1. The fourth-order valence-corrected chi connectivity index (χ4v) is 3.88. The Kier molecular flexibility index (Phi) is 5.02. The standard InChI is InChI=1S/C19H29N3O/c1-16-13-21(2)11-12-22(16)14-18(23)20-15-19(9-6-10-19)17-7-4-3-5-8-17/h3-5,7-8,16H,6,9-15H2,1-2H3,(H,20,23)/t16-/m0/s1. The molecule has 0 unspecified atom stereocenters. The summed E-state index contributed by atoms with van der Waals surface area (Å²) in [7, 11) is 2.15. The van der Waals surface area contributed by atoms with Gasteiger partial charge in [0.15, 0.2) is 0 Å². The van der Waals surface area contributed by atoms with Crippen molar-refractivity contribution >= 4 is 5.91 Å². The molecule has 2 fully saturated rings. The molecule has 1 amide bonds. The van der Waals surface area contributed by atoms with Crippen molar-refractivity contribution in [3.8, 4) is 0 Å². The monoisotopic (exact) mass is 315 g/mol. The van der Waals surface area contributed by atoms with Crippen molar-refractivity contribution in [3.63, 3.8) is 0 Å². The van der Waals surface area contributed by atoms with E-state index in [1.807, 2.05) is 0 Å². The van der Waals surface area contributed by atoms with Gasteiger partial charge >= 0.3 is 0 Å². The first-order valence-electron chi connectivity index (χ1n) is 8.84. The summed E-state index contributed by atoms with van der Waals surface area (Å²) < 4.78 is 0. The zero-order valence-electron chi connectivity index (χ0n) is 14.4. The van der Waals surface area contributed by atoms with E-state index in [1.165, 1.54) is 24.8 Å². The van der Waals surface area contributed by atoms with E-state index in [0.29, 0.717) is 12.6 Å². The number of likely N-dealkylation sites (N-methyl/N-ethyl adjacent to an activating group) is 1. The van der Waals surface area contributed by atoms with Crippen molar-refractivity contribution in [1.29, 1.82) is 0 Å². The molecule has 1 saturated heterocycles. The molecule has 1 aromatic carbocycles. The van der Waals surface area contributed by atoms with Gasteiger partial charge in [0.05, 0.1) is 6.54 Å². The van der Waals surface area contributed by atoms with Crippen molar-refractivity contribution in [2.45, 2.75) is 37.6 Å². The third-order valence-corrected chi connectivity index (χ3v) is 5.64. The molecule has 3 rings (SSSR count). The van der Waals surface area contributed by atoms with Crippen LogP contribution in [0.15, 0.2) is 30.3 Å². The molecule has 1 aliphatic carbocycles. The number of nitrogens with one attached hydrogen (secondary N) is 1. The van der Waals surface area contributed by atoms with Crippen LogP contribution in [-0.4, -0.2) is 61.5 Å². The molecule has 0 radical (unpaired) electrons. The van der Waals surface area contributed by atoms with Gasteiger partial charge in [0.25, 0.3) is 0 Å². The van der Waals surface area contributed by atoms with Crippen molar-refractivity contribution in [3.05, 3.63) is 35.9 Å². The number of hydrogen-bond acceptors (Lipinski definition) is 3. The Labute approximate surface area is 139 Å². The number of piperazine rings is 1. The number of rotatable bonds is 5. The Bertz CT molecular complexity index is 527. The maximum Gasteiger partial charge on any atom is 0.234 e. The van der Waals surface area contributed by atoms with Crippen LogP contribution in [0.5, 0.6) is 0 Å². The lowest BCUT2D eigenvalue weighted by Gasteiger charge is -2.43. The lowest BCUT2D eigenvalue weighted by molar-refractivity contribution is -0.123. The van der Waals surface area contributed by atoms with Gasteiger partial charge in [0.1, 0.15) is 0 Å². The Morgan fingerprint density at radius 3 is 2.61 bits per heavy atom. The fraction of sp³-hybridized carbons (Fsp3) is 0.632. The molecule has 1 saturated carbocycles. The molecule has 0 aromatic heterocycles. The minimum absolute atomic E-state index is 0.170. The largest absolute Gasteiger partial charge is 0.354 e. The van der Waals surface area contributed by atoms with Gasteiger partial charge in [-0.2, -0.15) is 0 Å². The molecule has 1 aromatic rings. The maximum absolute atomic E-state index is 12.4. The highest BCUT2D eigenvalue weighted by molar-refractivity contribution is 5.78. The molecule has 2 aliphatic rings. The summed E-state index contributed by atoms with van der Waals surface area (Å²) in [6.07, 6.45) is 3.63. The second-order valence-electron chi connectivity index (χ2n) is 7.36. The van der Waals surface area contributed by atoms with E-state index in [9.17, 15) is 4.79 Å². The SMILES string of the molecule is C[C@H]1CN(C)CCN1CC(=O)NCC1(c2ccccc2)CCC1. The van der Waals surface area contributed by atoms with Crippen LogP contribution in [0.3, 0.4) is 0 Å². The third-order valence-electron chi connectivity index (χ3n) is 5.64. The first-order valence-corrected chi connectivity index (χ1v) is 8.84. The lowest BCUT2D eigenvalue weighted by Crippen LogP contribution is -2.54. The number of carbonyl (C=O) groups excluding carboxylic acids is 1. The molecule has 4 nitrogen and oxygen atoms in total. The average Bonchev–Trinajstić information content (AvgIpc) is 2.50. The number of hydrogen-bond donors (Lipinski definition) is 1. The summed E-state index contributed by atoms with van der Waals surface area (Å²) in [5, 5.41) is 3.21. The van der Waals surface area contributed by atoms with Gasteiger partial charge in [-0.15, -0.1) is 0 Å². The second kappa shape index (κ2) is 7.02. The van der Waals surface area contributed by atoms with Gasteiger partial charge < -0.3 is 10.2 Å². The first kappa shape index (κ1) is 16.5. The topological polar surface area (TPSA) is 35.6 Å². The van der Waals surface area contributed by atoms with Gasteiger partial charge in [-0.25, -0.2) is 0 Å². The minimum atomic E-state index is 0.170. The van der Waals surface area contributed by atoms with E-state index in [2.05, 4.69) is 59.4 Å². The molecule has 1 heterocycles. The Balaban J connectivity index is 1.52. The molecule has 1 N–H and O–H groups in total. The molecular weight excluding hydrogens is 286 g/mol. The van der Waals surface area contributed by atoms with Gasteiger partial charge in [0, 0.05) is 37.6 Å². The summed E-state index contributed by atoms with van der Waals surface area (Å²) in [6.45, 7) is 6.58. The Morgan fingerprint density at radius 1 is 1.26 bits per heavy atom. The van der Waals surface area contributed by atoms with Crippen LogP contribution in [0.4, 0.5) is 0 Å². The predicted molar refractivity (Wildman–Crippen MR) is 93.5 cm³/mol. The quantitative estimate of drug-likeness (QED) is 0.901. The van der Waals surface area contributed by atoms with Gasteiger partial charge in [-0.05, 0) is 32.4 Å². The van der Waals surface area contributed by atoms with Crippen LogP contribution in [-0.2, 0) is 10.2 Å². The van der Waals surface area contributed by atoms with Gasteiger partial charge in [0.2, 0.25) is 5.91 Å². The van der Waals surface area contributed by atoms with Crippen LogP contribution >= 0.6 is 0 Å². The number of amides is 1. The summed E-state index contributed by atoms with van der Waals surface area (Å²) in [5.41, 5.74) is 1.55. The molecular formula is C19H29N3O.